The van der Waals surface area contributed by atoms with E-state index in [1.807, 2.05) is 0 Å². The van der Waals surface area contributed by atoms with E-state index in [-0.39, 0.29) is 15.7 Å². The van der Waals surface area contributed by atoms with Crippen LogP contribution in [0.3, 0.4) is 0 Å². The first-order valence-corrected chi connectivity index (χ1v) is 6.90. The molecule has 1 aromatic heterocycles. The van der Waals surface area contributed by atoms with Crippen molar-refractivity contribution < 1.29 is 13.2 Å². The van der Waals surface area contributed by atoms with Crippen LogP contribution in [0.25, 0.3) is 0 Å². The van der Waals surface area contributed by atoms with Crippen LogP contribution in [0.15, 0.2) is 40.4 Å². The summed E-state index contributed by atoms with van der Waals surface area (Å²) in [5.74, 6) is 0.664. The fraction of sp³-hybridized carbons (Fsp3) is 0.167. The van der Waals surface area contributed by atoms with Crippen molar-refractivity contribution >= 4 is 15.8 Å². The number of nitrogen functional groups attached to an aromatic ring is 1. The van der Waals surface area contributed by atoms with Gasteiger partial charge in [0, 0.05) is 0 Å². The van der Waals surface area contributed by atoms with Gasteiger partial charge in [-0.05, 0) is 30.7 Å². The average Bonchev–Trinajstić information content (AvgIpc) is 2.39. The number of nitrogens with two attached hydrogens (primary N) is 1. The van der Waals surface area contributed by atoms with Crippen molar-refractivity contribution in [3.05, 3.63) is 36.2 Å². The van der Waals surface area contributed by atoms with E-state index in [2.05, 4.69) is 9.97 Å². The quantitative estimate of drug-likeness (QED) is 0.907. The number of sulfone groups is 1. The van der Waals surface area contributed by atoms with Gasteiger partial charge in [-0.2, -0.15) is 0 Å². The molecule has 7 heteroatoms. The second-order valence-electron chi connectivity index (χ2n) is 3.91. The molecule has 19 heavy (non-hydrogen) atoms. The zero-order valence-corrected chi connectivity index (χ0v) is 11.3. The number of rotatable bonds is 3. The second-order valence-corrected chi connectivity index (χ2v) is 5.86. The second kappa shape index (κ2) is 4.85. The molecule has 0 spiro atoms. The Morgan fingerprint density at radius 3 is 2.32 bits per heavy atom. The molecule has 0 radical (unpaired) electrons. The largest absolute Gasteiger partial charge is 0.496 e. The highest BCUT2D eigenvalue weighted by Crippen LogP contribution is 2.25. The molecule has 2 aromatic rings. The predicted octanol–water partition coefficient (Wildman–Crippen LogP) is 1.21. The SMILES string of the molecule is COc1ccc(S(=O)(=O)c2cnc(N)nc2)cc1C. The van der Waals surface area contributed by atoms with Crippen LogP contribution in [0.4, 0.5) is 5.95 Å². The van der Waals surface area contributed by atoms with Crippen molar-refractivity contribution in [2.24, 2.45) is 0 Å². The third-order valence-corrected chi connectivity index (χ3v) is 4.34. The molecule has 100 valence electrons. The first-order valence-electron chi connectivity index (χ1n) is 5.42. The van der Waals surface area contributed by atoms with E-state index in [9.17, 15) is 8.42 Å². The van der Waals surface area contributed by atoms with Crippen LogP contribution in [0.1, 0.15) is 5.56 Å². The molecule has 0 aliphatic rings. The maximum absolute atomic E-state index is 12.3. The van der Waals surface area contributed by atoms with Crippen LogP contribution in [-0.4, -0.2) is 25.5 Å². The molecular weight excluding hydrogens is 266 g/mol. The highest BCUT2D eigenvalue weighted by molar-refractivity contribution is 7.91. The summed E-state index contributed by atoms with van der Waals surface area (Å²) >= 11 is 0. The van der Waals surface area contributed by atoms with Crippen molar-refractivity contribution in [2.45, 2.75) is 16.7 Å². The van der Waals surface area contributed by atoms with Crippen LogP contribution in [-0.2, 0) is 9.84 Å². The van der Waals surface area contributed by atoms with E-state index in [4.69, 9.17) is 10.5 Å². The van der Waals surface area contributed by atoms with Gasteiger partial charge >= 0.3 is 0 Å². The Bertz CT molecular complexity index is 697. The number of benzene rings is 1. The van der Waals surface area contributed by atoms with Gasteiger partial charge in [0.2, 0.25) is 15.8 Å². The highest BCUT2D eigenvalue weighted by Gasteiger charge is 2.19. The smallest absolute Gasteiger partial charge is 0.219 e. The number of aromatic nitrogens is 2. The molecule has 1 heterocycles. The summed E-state index contributed by atoms with van der Waals surface area (Å²) in [4.78, 5) is 7.55. The Balaban J connectivity index is 2.50. The van der Waals surface area contributed by atoms with Gasteiger partial charge in [-0.25, -0.2) is 18.4 Å². The summed E-state index contributed by atoms with van der Waals surface area (Å²) in [5.41, 5.74) is 6.07. The van der Waals surface area contributed by atoms with Gasteiger partial charge in [0.15, 0.2) is 0 Å². The van der Waals surface area contributed by atoms with Gasteiger partial charge in [0.25, 0.3) is 0 Å². The van der Waals surface area contributed by atoms with Gasteiger partial charge in [-0.3, -0.25) is 0 Å². The van der Waals surface area contributed by atoms with Crippen molar-refractivity contribution in [3.63, 3.8) is 0 Å². The predicted molar refractivity (Wildman–Crippen MR) is 69.6 cm³/mol. The molecule has 0 aliphatic carbocycles. The van der Waals surface area contributed by atoms with Gasteiger partial charge in [0.1, 0.15) is 10.6 Å². The van der Waals surface area contributed by atoms with Crippen molar-refractivity contribution in [3.8, 4) is 5.75 Å². The minimum absolute atomic E-state index is 0.00580. The van der Waals surface area contributed by atoms with Crippen molar-refractivity contribution in [1.82, 2.24) is 9.97 Å². The van der Waals surface area contributed by atoms with Gasteiger partial charge < -0.3 is 10.5 Å². The molecule has 0 saturated carbocycles. The van der Waals surface area contributed by atoms with E-state index in [0.29, 0.717) is 5.75 Å². The minimum atomic E-state index is -3.64. The zero-order valence-electron chi connectivity index (χ0n) is 10.5. The van der Waals surface area contributed by atoms with E-state index in [1.54, 1.807) is 19.1 Å². The van der Waals surface area contributed by atoms with E-state index in [0.717, 1.165) is 5.56 Å². The maximum atomic E-state index is 12.3. The number of anilines is 1. The number of nitrogens with zero attached hydrogens (tertiary/aromatic N) is 2. The first-order chi connectivity index (χ1) is 8.95. The summed E-state index contributed by atoms with van der Waals surface area (Å²) in [5, 5.41) is 0. The number of aryl methyl sites for hydroxylation is 1. The third kappa shape index (κ3) is 2.50. The lowest BCUT2D eigenvalue weighted by Crippen LogP contribution is -2.05. The lowest BCUT2D eigenvalue weighted by molar-refractivity contribution is 0.411. The number of hydrogen-bond acceptors (Lipinski definition) is 6. The van der Waals surface area contributed by atoms with Gasteiger partial charge in [-0.15, -0.1) is 0 Å². The van der Waals surface area contributed by atoms with E-state index in [1.165, 1.54) is 25.6 Å². The summed E-state index contributed by atoms with van der Waals surface area (Å²) in [6.07, 6.45) is 2.38. The average molecular weight is 279 g/mol. The van der Waals surface area contributed by atoms with Crippen LogP contribution in [0.2, 0.25) is 0 Å². The molecule has 0 unspecified atom stereocenters. The Labute approximate surface area is 111 Å². The molecule has 6 nitrogen and oxygen atoms in total. The molecule has 2 rings (SSSR count). The van der Waals surface area contributed by atoms with Crippen molar-refractivity contribution in [1.29, 1.82) is 0 Å². The Kier molecular flexibility index (Phi) is 3.39. The topological polar surface area (TPSA) is 95.2 Å². The van der Waals surface area contributed by atoms with Crippen LogP contribution in [0, 0.1) is 6.92 Å². The van der Waals surface area contributed by atoms with Gasteiger partial charge in [0.05, 0.1) is 24.4 Å². The lowest BCUT2D eigenvalue weighted by Gasteiger charge is -2.08. The Morgan fingerprint density at radius 2 is 1.79 bits per heavy atom. The van der Waals surface area contributed by atoms with E-state index >= 15 is 0 Å². The molecule has 1 aromatic carbocycles. The van der Waals surface area contributed by atoms with Crippen LogP contribution < -0.4 is 10.5 Å². The summed E-state index contributed by atoms with van der Waals surface area (Å²) in [7, 11) is -2.11. The monoisotopic (exact) mass is 279 g/mol. The molecular formula is C12H13N3O3S. The van der Waals surface area contributed by atoms with E-state index < -0.39 is 9.84 Å². The fourth-order valence-electron chi connectivity index (χ4n) is 1.62. The van der Waals surface area contributed by atoms with Crippen molar-refractivity contribution in [2.75, 3.05) is 12.8 Å². The molecule has 0 bridgehead atoms. The standard InChI is InChI=1S/C12H13N3O3S/c1-8-5-9(3-4-11(8)18-2)19(16,17)10-6-14-12(13)15-7-10/h3-7H,1-2H3,(H2,13,14,15). The Morgan fingerprint density at radius 1 is 1.16 bits per heavy atom. The van der Waals surface area contributed by atoms with Crippen LogP contribution >= 0.6 is 0 Å². The summed E-state index contributed by atoms with van der Waals surface area (Å²) in [6, 6.07) is 4.64. The zero-order chi connectivity index (χ0) is 14.0. The van der Waals surface area contributed by atoms with Gasteiger partial charge in [-0.1, -0.05) is 0 Å². The maximum Gasteiger partial charge on any atom is 0.219 e. The number of methoxy groups -OCH3 is 1. The normalized spacial score (nSPS) is 11.3. The third-order valence-electron chi connectivity index (χ3n) is 2.64. The molecule has 0 atom stereocenters. The Hall–Kier alpha value is -2.15. The first kappa shape index (κ1) is 13.3. The summed E-state index contributed by atoms with van der Waals surface area (Å²) < 4.78 is 29.8. The minimum Gasteiger partial charge on any atom is -0.496 e. The summed E-state index contributed by atoms with van der Waals surface area (Å²) in [6.45, 7) is 1.78. The molecule has 0 saturated heterocycles. The number of hydrogen-bond donors (Lipinski definition) is 1. The lowest BCUT2D eigenvalue weighted by atomic mass is 10.2. The highest BCUT2D eigenvalue weighted by atomic mass is 32.2. The molecule has 0 aliphatic heterocycles. The van der Waals surface area contributed by atoms with Crippen LogP contribution in [0.5, 0.6) is 5.75 Å². The molecule has 0 amide bonds. The number of ether oxygens (including phenoxy) is 1. The fourth-order valence-corrected chi connectivity index (χ4v) is 2.85. The molecule has 0 fully saturated rings. The molecule has 2 N–H and O–H groups in total.